The van der Waals surface area contributed by atoms with Crippen LogP contribution < -0.4 is 24.4 Å². The summed E-state index contributed by atoms with van der Waals surface area (Å²) in [6, 6.07) is 11.2. The zero-order chi connectivity index (χ0) is 22.1. The van der Waals surface area contributed by atoms with Gasteiger partial charge in [0.15, 0.2) is 0 Å². The van der Waals surface area contributed by atoms with Gasteiger partial charge in [-0.2, -0.15) is 5.26 Å². The molecule has 0 saturated heterocycles. The SMILES string of the molecule is COc1cc(OCCCC#N)c(Cl)cc1NC(=O)N(S)c1ccc(NC(C)=O)cc1. The van der Waals surface area contributed by atoms with Crippen molar-refractivity contribution >= 4 is 53.4 Å². The number of ether oxygens (including phenoxy) is 2. The van der Waals surface area contributed by atoms with E-state index in [1.54, 1.807) is 30.3 Å². The van der Waals surface area contributed by atoms with Crippen LogP contribution in [0.25, 0.3) is 0 Å². The number of thiol groups is 1. The molecule has 2 aromatic carbocycles. The summed E-state index contributed by atoms with van der Waals surface area (Å²) in [6.45, 7) is 1.74. The standard InChI is InChI=1S/C20H21ClN4O4S/c1-13(26)23-14-5-7-15(8-6-14)25(30)20(27)24-17-11-16(21)18(12-19(17)28-2)29-10-4-3-9-22/h5-8,11-12,30H,3-4,10H2,1-2H3,(H,23,26)(H,24,27). The van der Waals surface area contributed by atoms with Crippen molar-refractivity contribution in [1.82, 2.24) is 0 Å². The molecular formula is C20H21ClN4O4S. The Balaban J connectivity index is 2.10. The number of nitrogens with zero attached hydrogens (tertiary/aromatic N) is 2. The topological polar surface area (TPSA) is 104 Å². The molecule has 158 valence electrons. The molecule has 0 heterocycles. The zero-order valence-electron chi connectivity index (χ0n) is 16.4. The Morgan fingerprint density at radius 3 is 2.50 bits per heavy atom. The van der Waals surface area contributed by atoms with Gasteiger partial charge in [-0.15, -0.1) is 0 Å². The number of anilines is 3. The fourth-order valence-electron chi connectivity index (χ4n) is 2.42. The first kappa shape index (κ1) is 23.2. The number of nitriles is 1. The van der Waals surface area contributed by atoms with Crippen LogP contribution in [-0.4, -0.2) is 25.7 Å². The average Bonchev–Trinajstić information content (AvgIpc) is 2.72. The van der Waals surface area contributed by atoms with Gasteiger partial charge in [0.25, 0.3) is 0 Å². The largest absolute Gasteiger partial charge is 0.494 e. The first-order chi connectivity index (χ1) is 14.3. The summed E-state index contributed by atoms with van der Waals surface area (Å²) < 4.78 is 12.0. The Bertz CT molecular complexity index is 947. The van der Waals surface area contributed by atoms with Crippen LogP contribution >= 0.6 is 24.4 Å². The molecule has 30 heavy (non-hydrogen) atoms. The summed E-state index contributed by atoms with van der Waals surface area (Å²) in [6.07, 6.45) is 0.954. The van der Waals surface area contributed by atoms with Gasteiger partial charge < -0.3 is 20.1 Å². The molecule has 0 aromatic heterocycles. The van der Waals surface area contributed by atoms with E-state index in [4.69, 9.17) is 26.3 Å². The number of carbonyl (C=O) groups excluding carboxylic acids is 2. The minimum atomic E-state index is -0.539. The van der Waals surface area contributed by atoms with E-state index in [1.165, 1.54) is 20.1 Å². The van der Waals surface area contributed by atoms with Gasteiger partial charge in [-0.3, -0.25) is 4.79 Å². The van der Waals surface area contributed by atoms with Crippen molar-refractivity contribution in [2.75, 3.05) is 28.7 Å². The number of nitrogens with one attached hydrogen (secondary N) is 2. The number of rotatable bonds is 8. The summed E-state index contributed by atoms with van der Waals surface area (Å²) in [4.78, 5) is 23.7. The summed E-state index contributed by atoms with van der Waals surface area (Å²) in [5.41, 5.74) is 1.44. The Hall–Kier alpha value is -3.09. The van der Waals surface area contributed by atoms with Gasteiger partial charge in [-0.1, -0.05) is 24.4 Å². The highest BCUT2D eigenvalue weighted by Gasteiger charge is 2.17. The van der Waals surface area contributed by atoms with Gasteiger partial charge >= 0.3 is 6.03 Å². The number of halogens is 1. The van der Waals surface area contributed by atoms with E-state index in [-0.39, 0.29) is 10.9 Å². The Labute approximate surface area is 185 Å². The van der Waals surface area contributed by atoms with Gasteiger partial charge in [-0.05, 0) is 36.8 Å². The molecule has 0 bridgehead atoms. The van der Waals surface area contributed by atoms with Gasteiger partial charge in [-0.25, -0.2) is 9.10 Å². The van der Waals surface area contributed by atoms with Crippen LogP contribution in [0.3, 0.4) is 0 Å². The van der Waals surface area contributed by atoms with E-state index in [9.17, 15) is 9.59 Å². The molecule has 3 amide bonds. The normalized spacial score (nSPS) is 9.97. The van der Waals surface area contributed by atoms with Crippen molar-refractivity contribution in [2.45, 2.75) is 19.8 Å². The van der Waals surface area contributed by atoms with Crippen LogP contribution in [0.1, 0.15) is 19.8 Å². The number of hydrogen-bond acceptors (Lipinski definition) is 6. The van der Waals surface area contributed by atoms with Crippen LogP contribution in [0.15, 0.2) is 36.4 Å². The highest BCUT2D eigenvalue weighted by molar-refractivity contribution is 7.82. The lowest BCUT2D eigenvalue weighted by Crippen LogP contribution is -2.27. The zero-order valence-corrected chi connectivity index (χ0v) is 18.1. The van der Waals surface area contributed by atoms with Crippen LogP contribution in [0.4, 0.5) is 21.9 Å². The number of carbonyl (C=O) groups is 2. The highest BCUT2D eigenvalue weighted by Crippen LogP contribution is 2.36. The lowest BCUT2D eigenvalue weighted by molar-refractivity contribution is -0.114. The summed E-state index contributed by atoms with van der Waals surface area (Å²) in [7, 11) is 1.46. The fraction of sp³-hybridized carbons (Fsp3) is 0.250. The van der Waals surface area contributed by atoms with Gasteiger partial charge in [0, 0.05) is 25.1 Å². The quantitative estimate of drug-likeness (QED) is 0.394. The predicted octanol–water partition coefficient (Wildman–Crippen LogP) is 4.87. The molecule has 0 spiro atoms. The maximum atomic E-state index is 12.6. The summed E-state index contributed by atoms with van der Waals surface area (Å²) >= 11 is 10.5. The third kappa shape index (κ3) is 6.47. The second-order valence-electron chi connectivity index (χ2n) is 6.06. The van der Waals surface area contributed by atoms with E-state index in [0.717, 1.165) is 4.31 Å². The molecule has 0 aliphatic heterocycles. The Morgan fingerprint density at radius 2 is 1.90 bits per heavy atom. The molecule has 10 heteroatoms. The van der Waals surface area contributed by atoms with Crippen LogP contribution in [-0.2, 0) is 4.79 Å². The molecule has 0 radical (unpaired) electrons. The Morgan fingerprint density at radius 1 is 1.20 bits per heavy atom. The molecular weight excluding hydrogens is 428 g/mol. The van der Waals surface area contributed by atoms with Gasteiger partial charge in [0.2, 0.25) is 5.91 Å². The van der Waals surface area contributed by atoms with Crippen molar-refractivity contribution in [3.63, 3.8) is 0 Å². The van der Waals surface area contributed by atoms with Crippen LogP contribution in [0.5, 0.6) is 11.5 Å². The minimum absolute atomic E-state index is 0.190. The second-order valence-corrected chi connectivity index (χ2v) is 6.87. The number of urea groups is 1. The summed E-state index contributed by atoms with van der Waals surface area (Å²) in [5, 5.41) is 14.2. The molecule has 8 nitrogen and oxygen atoms in total. The molecule has 0 saturated carbocycles. The molecule has 2 N–H and O–H groups in total. The first-order valence-corrected chi connectivity index (χ1v) is 9.68. The number of benzene rings is 2. The number of hydrogen-bond donors (Lipinski definition) is 3. The van der Waals surface area contributed by atoms with Gasteiger partial charge in [0.05, 0.1) is 36.2 Å². The van der Waals surface area contributed by atoms with Crippen LogP contribution in [0, 0.1) is 11.3 Å². The van der Waals surface area contributed by atoms with Crippen molar-refractivity contribution in [1.29, 1.82) is 5.26 Å². The lowest BCUT2D eigenvalue weighted by Gasteiger charge is -2.19. The first-order valence-electron chi connectivity index (χ1n) is 8.90. The monoisotopic (exact) mass is 448 g/mol. The van der Waals surface area contributed by atoms with Crippen molar-refractivity contribution in [3.8, 4) is 17.6 Å². The molecule has 0 aliphatic carbocycles. The van der Waals surface area contributed by atoms with Gasteiger partial charge in [0.1, 0.15) is 11.5 Å². The van der Waals surface area contributed by atoms with E-state index in [0.29, 0.717) is 48.0 Å². The van der Waals surface area contributed by atoms with E-state index >= 15 is 0 Å². The van der Waals surface area contributed by atoms with Crippen molar-refractivity contribution in [3.05, 3.63) is 41.4 Å². The van der Waals surface area contributed by atoms with E-state index < -0.39 is 6.03 Å². The van der Waals surface area contributed by atoms with Crippen molar-refractivity contribution < 1.29 is 19.1 Å². The maximum absolute atomic E-state index is 12.6. The minimum Gasteiger partial charge on any atom is -0.494 e. The molecule has 0 aliphatic rings. The molecule has 2 rings (SSSR count). The number of unbranched alkanes of at least 4 members (excludes halogenated alkanes) is 1. The average molecular weight is 449 g/mol. The molecule has 0 fully saturated rings. The third-order valence-electron chi connectivity index (χ3n) is 3.81. The van der Waals surface area contributed by atoms with Crippen LogP contribution in [0.2, 0.25) is 5.02 Å². The summed E-state index contributed by atoms with van der Waals surface area (Å²) in [5.74, 6) is 0.552. The third-order valence-corrected chi connectivity index (χ3v) is 4.52. The maximum Gasteiger partial charge on any atom is 0.336 e. The lowest BCUT2D eigenvalue weighted by atomic mass is 10.2. The number of amides is 3. The van der Waals surface area contributed by atoms with Crippen molar-refractivity contribution in [2.24, 2.45) is 0 Å². The number of methoxy groups -OCH3 is 1. The smallest absolute Gasteiger partial charge is 0.336 e. The molecule has 2 aromatic rings. The fourth-order valence-corrected chi connectivity index (χ4v) is 2.82. The highest BCUT2D eigenvalue weighted by atomic mass is 35.5. The van der Waals surface area contributed by atoms with E-state index in [2.05, 4.69) is 23.4 Å². The predicted molar refractivity (Wildman–Crippen MR) is 120 cm³/mol. The Kier molecular flexibility index (Phi) is 8.65. The molecule has 0 unspecified atom stereocenters. The van der Waals surface area contributed by atoms with E-state index in [1.807, 2.05) is 6.07 Å². The molecule has 0 atom stereocenters. The second kappa shape index (κ2) is 11.2.